The van der Waals surface area contributed by atoms with Crippen LogP contribution in [0.1, 0.15) is 18.1 Å². The first-order valence-corrected chi connectivity index (χ1v) is 19.7. The number of hydrogen-bond donors (Lipinski definition) is 0. The van der Waals surface area contributed by atoms with Crippen molar-refractivity contribution in [2.75, 3.05) is 4.90 Å². The summed E-state index contributed by atoms with van der Waals surface area (Å²) in [4.78, 5) is 7.52. The maximum Gasteiger partial charge on any atom is 0.0702 e. The highest BCUT2D eigenvalue weighted by Gasteiger charge is 2.47. The third-order valence-electron chi connectivity index (χ3n) is 12.1. The molecule has 3 heteroatoms. The number of hydrogen-bond acceptors (Lipinski definition) is 2. The molecule has 7 aromatic carbocycles. The number of anilines is 2. The Hall–Kier alpha value is -7.23. The summed E-state index contributed by atoms with van der Waals surface area (Å²) >= 11 is 0. The van der Waals surface area contributed by atoms with Gasteiger partial charge < -0.3 is 9.47 Å². The van der Waals surface area contributed by atoms with Crippen molar-refractivity contribution in [2.45, 2.75) is 18.4 Å². The van der Waals surface area contributed by atoms with E-state index in [2.05, 4.69) is 223 Å². The molecule has 2 atom stereocenters. The minimum atomic E-state index is -0.125. The van der Waals surface area contributed by atoms with E-state index < -0.39 is 0 Å². The first-order chi connectivity index (χ1) is 28.1. The molecule has 270 valence electrons. The van der Waals surface area contributed by atoms with Gasteiger partial charge >= 0.3 is 0 Å². The Morgan fingerprint density at radius 2 is 1.12 bits per heavy atom. The van der Waals surface area contributed by atoms with Crippen LogP contribution in [0.2, 0.25) is 0 Å². The van der Waals surface area contributed by atoms with Gasteiger partial charge in [0.2, 0.25) is 0 Å². The summed E-state index contributed by atoms with van der Waals surface area (Å²) in [5.74, 6) is 0. The standard InChI is InChI=1S/C54H39N3/c1-54-31-30-41(35-53(54)57(45-20-6-3-7-21-45)51-25-11-9-23-48(51)54)37-14-12-16-39(32-37)43-27-29-49(55-36-43)42-17-13-15-38(33-42)40-26-28-47-46-22-8-10-24-50(46)56(52(47)34-40)44-18-4-2-5-19-44/h2-36,53H,1H3. The van der Waals surface area contributed by atoms with Crippen molar-refractivity contribution in [1.82, 2.24) is 9.55 Å². The fraction of sp³-hybridized carbons (Fsp3) is 0.0556. The van der Waals surface area contributed by atoms with Crippen molar-refractivity contribution >= 4 is 38.8 Å². The molecular weight excluding hydrogens is 691 g/mol. The molecule has 0 N–H and O–H groups in total. The Morgan fingerprint density at radius 3 is 1.93 bits per heavy atom. The summed E-state index contributed by atoms with van der Waals surface area (Å²) in [5.41, 5.74) is 16.4. The molecule has 0 fully saturated rings. The molecule has 0 saturated carbocycles. The van der Waals surface area contributed by atoms with Gasteiger partial charge in [-0.2, -0.15) is 0 Å². The lowest BCUT2D eigenvalue weighted by molar-refractivity contribution is 0.552. The molecule has 0 saturated heterocycles. The zero-order valence-corrected chi connectivity index (χ0v) is 31.6. The lowest BCUT2D eigenvalue weighted by atomic mass is 9.74. The fourth-order valence-corrected chi connectivity index (χ4v) is 9.20. The van der Waals surface area contributed by atoms with E-state index in [1.807, 2.05) is 6.20 Å². The van der Waals surface area contributed by atoms with Gasteiger partial charge in [0.15, 0.2) is 0 Å². The van der Waals surface area contributed by atoms with Crippen LogP contribution in [-0.2, 0) is 5.41 Å². The molecule has 2 unspecified atom stereocenters. The lowest BCUT2D eigenvalue weighted by Gasteiger charge is -2.36. The van der Waals surface area contributed by atoms with Crippen molar-refractivity contribution in [2.24, 2.45) is 0 Å². The first kappa shape index (κ1) is 33.1. The molecule has 9 aromatic rings. The normalized spacial score (nSPS) is 17.1. The van der Waals surface area contributed by atoms with Crippen LogP contribution in [0.5, 0.6) is 0 Å². The highest BCUT2D eigenvalue weighted by Crippen LogP contribution is 2.52. The average molecular weight is 730 g/mol. The molecule has 0 spiro atoms. The van der Waals surface area contributed by atoms with E-state index in [9.17, 15) is 0 Å². The number of rotatable bonds is 6. The molecule has 11 rings (SSSR count). The Bertz CT molecular complexity index is 3030. The van der Waals surface area contributed by atoms with E-state index in [0.29, 0.717) is 0 Å². The zero-order valence-electron chi connectivity index (χ0n) is 31.6. The molecular formula is C54H39N3. The number of pyridine rings is 1. The monoisotopic (exact) mass is 729 g/mol. The quantitative estimate of drug-likeness (QED) is 0.170. The van der Waals surface area contributed by atoms with E-state index in [4.69, 9.17) is 4.98 Å². The summed E-state index contributed by atoms with van der Waals surface area (Å²) < 4.78 is 2.37. The van der Waals surface area contributed by atoms with Gasteiger partial charge in [-0.25, -0.2) is 0 Å². The van der Waals surface area contributed by atoms with Crippen LogP contribution in [0.4, 0.5) is 11.4 Å². The maximum atomic E-state index is 5.01. The van der Waals surface area contributed by atoms with Crippen LogP contribution in [0, 0.1) is 0 Å². The molecule has 0 amide bonds. The molecule has 2 aliphatic rings. The molecule has 57 heavy (non-hydrogen) atoms. The Kier molecular flexibility index (Phi) is 7.68. The second kappa shape index (κ2) is 13.2. The van der Waals surface area contributed by atoms with Crippen molar-refractivity contribution < 1.29 is 0 Å². The van der Waals surface area contributed by atoms with Crippen LogP contribution in [0.15, 0.2) is 212 Å². The summed E-state index contributed by atoms with van der Waals surface area (Å²) in [6.45, 7) is 2.37. The number of benzene rings is 7. The van der Waals surface area contributed by atoms with Gasteiger partial charge in [0.1, 0.15) is 0 Å². The molecule has 3 heterocycles. The third kappa shape index (κ3) is 5.46. The third-order valence-corrected chi connectivity index (χ3v) is 12.1. The molecule has 0 bridgehead atoms. The van der Waals surface area contributed by atoms with Gasteiger partial charge in [0.25, 0.3) is 0 Å². The van der Waals surface area contributed by atoms with Crippen molar-refractivity contribution in [1.29, 1.82) is 0 Å². The SMILES string of the molecule is CC12C=CC(c3cccc(-c4ccc(-c5cccc(-c6ccc7c8ccccc8n(-c8ccccc8)c7c6)c5)nc4)c3)=CC1N(c1ccccc1)c1ccccc12. The summed E-state index contributed by atoms with van der Waals surface area (Å²) in [6, 6.07) is 67.9. The average Bonchev–Trinajstić information content (AvgIpc) is 3.75. The number of allylic oxidation sites excluding steroid dienone is 2. The van der Waals surface area contributed by atoms with Gasteiger partial charge in [-0.1, -0.05) is 146 Å². The largest absolute Gasteiger partial charge is 0.333 e. The lowest BCUT2D eigenvalue weighted by Crippen LogP contribution is -2.39. The van der Waals surface area contributed by atoms with E-state index in [1.165, 1.54) is 61.0 Å². The summed E-state index contributed by atoms with van der Waals surface area (Å²) in [5, 5.41) is 2.51. The Balaban J connectivity index is 0.897. The molecule has 3 nitrogen and oxygen atoms in total. The predicted molar refractivity (Wildman–Crippen MR) is 238 cm³/mol. The number of para-hydroxylation sites is 4. The first-order valence-electron chi connectivity index (χ1n) is 19.7. The highest BCUT2D eigenvalue weighted by atomic mass is 15.2. The maximum absolute atomic E-state index is 5.01. The van der Waals surface area contributed by atoms with Gasteiger partial charge in [-0.15, -0.1) is 0 Å². The van der Waals surface area contributed by atoms with E-state index in [1.54, 1.807) is 0 Å². The van der Waals surface area contributed by atoms with Gasteiger partial charge in [0, 0.05) is 50.6 Å². The van der Waals surface area contributed by atoms with Crippen molar-refractivity contribution in [3.63, 3.8) is 0 Å². The van der Waals surface area contributed by atoms with Crippen LogP contribution >= 0.6 is 0 Å². The van der Waals surface area contributed by atoms with E-state index >= 15 is 0 Å². The summed E-state index contributed by atoms with van der Waals surface area (Å²) in [7, 11) is 0. The minimum Gasteiger partial charge on any atom is -0.333 e. The molecule has 1 aliphatic carbocycles. The Labute approximate surface area is 333 Å². The molecule has 0 radical (unpaired) electrons. The second-order valence-electron chi connectivity index (χ2n) is 15.4. The van der Waals surface area contributed by atoms with Crippen molar-refractivity contribution in [3.05, 3.63) is 224 Å². The van der Waals surface area contributed by atoms with E-state index in [0.717, 1.165) is 28.1 Å². The zero-order chi connectivity index (χ0) is 37.9. The highest BCUT2D eigenvalue weighted by molar-refractivity contribution is 6.10. The minimum absolute atomic E-state index is 0.125. The summed E-state index contributed by atoms with van der Waals surface area (Å²) in [6.07, 6.45) is 9.19. The van der Waals surface area contributed by atoms with Crippen LogP contribution in [0.25, 0.3) is 66.6 Å². The Morgan fingerprint density at radius 1 is 0.491 bits per heavy atom. The van der Waals surface area contributed by atoms with Gasteiger partial charge in [-0.05, 0) is 101 Å². The molecule has 1 aliphatic heterocycles. The fourth-order valence-electron chi connectivity index (χ4n) is 9.20. The smallest absolute Gasteiger partial charge is 0.0702 e. The number of nitrogens with zero attached hydrogens (tertiary/aromatic N) is 3. The van der Waals surface area contributed by atoms with Crippen molar-refractivity contribution in [3.8, 4) is 39.2 Å². The second-order valence-corrected chi connectivity index (χ2v) is 15.4. The van der Waals surface area contributed by atoms with Gasteiger partial charge in [0.05, 0.1) is 22.8 Å². The molecule has 2 aromatic heterocycles. The topological polar surface area (TPSA) is 21.1 Å². The number of aromatic nitrogens is 2. The number of fused-ring (bicyclic) bond motifs is 6. The van der Waals surface area contributed by atoms with Crippen LogP contribution in [-0.4, -0.2) is 15.6 Å². The van der Waals surface area contributed by atoms with Crippen LogP contribution in [0.3, 0.4) is 0 Å². The van der Waals surface area contributed by atoms with Crippen LogP contribution < -0.4 is 4.90 Å². The van der Waals surface area contributed by atoms with E-state index in [-0.39, 0.29) is 11.5 Å². The predicted octanol–water partition coefficient (Wildman–Crippen LogP) is 13.6. The van der Waals surface area contributed by atoms with Gasteiger partial charge in [-0.3, -0.25) is 4.98 Å².